The number of carbonyl (C=O) groups excluding carboxylic acids is 3. The van der Waals surface area contributed by atoms with Crippen LogP contribution in [0.15, 0.2) is 79.4 Å². The molecular weight excluding hydrogens is 602 g/mol. The standard InChI is InChI=1S/C34H31N7O6/c42-31-8-6-29(32(43)40-31)41-33(44)24-4-3-23(16-25(24)34(41)45)47-14-13-46-12-11-36-30-7-2-22(18-38-30)21-1-5-26(37-17-21)27-15-20-9-10-35-19-28(20)39-27/h1-5,7,9-10,15-19,29,34,39,45H,6,8,11-14H2,(H,36,38)(H,40,42,43). The van der Waals surface area contributed by atoms with Gasteiger partial charge in [-0.25, -0.2) is 4.98 Å². The number of rotatable bonds is 11. The fourth-order valence-corrected chi connectivity index (χ4v) is 5.77. The second-order valence-electron chi connectivity index (χ2n) is 11.2. The van der Waals surface area contributed by atoms with Crippen molar-refractivity contribution in [2.24, 2.45) is 0 Å². The first-order valence-corrected chi connectivity index (χ1v) is 15.2. The zero-order valence-electron chi connectivity index (χ0n) is 25.2. The average Bonchev–Trinajstić information content (AvgIpc) is 3.63. The Balaban J connectivity index is 0.838. The normalized spacial score (nSPS) is 17.6. The van der Waals surface area contributed by atoms with Crippen molar-refractivity contribution in [1.82, 2.24) is 30.2 Å². The molecule has 2 atom stereocenters. The fraction of sp³-hybridized carbons (Fsp3) is 0.235. The van der Waals surface area contributed by atoms with Gasteiger partial charge in [0.1, 0.15) is 24.2 Å². The maximum absolute atomic E-state index is 12.9. The van der Waals surface area contributed by atoms with Crippen LogP contribution in [0.4, 0.5) is 5.82 Å². The number of amides is 3. The van der Waals surface area contributed by atoms with Gasteiger partial charge >= 0.3 is 0 Å². The number of carbonyl (C=O) groups is 3. The molecule has 13 nitrogen and oxygen atoms in total. The van der Waals surface area contributed by atoms with Crippen LogP contribution in [-0.4, -0.2) is 80.1 Å². The molecule has 2 unspecified atom stereocenters. The van der Waals surface area contributed by atoms with Gasteiger partial charge in [-0.05, 0) is 55.0 Å². The molecule has 3 amide bonds. The molecule has 238 valence electrons. The summed E-state index contributed by atoms with van der Waals surface area (Å²) >= 11 is 0. The van der Waals surface area contributed by atoms with Gasteiger partial charge in [0.05, 0.1) is 36.3 Å². The molecule has 5 aromatic rings. The number of piperidine rings is 1. The van der Waals surface area contributed by atoms with Gasteiger partial charge in [0.15, 0.2) is 6.23 Å². The number of anilines is 1. The van der Waals surface area contributed by atoms with Gasteiger partial charge in [0, 0.05) is 59.2 Å². The molecule has 0 bridgehead atoms. The number of benzene rings is 1. The third-order valence-corrected chi connectivity index (χ3v) is 8.18. The predicted molar refractivity (Wildman–Crippen MR) is 171 cm³/mol. The minimum atomic E-state index is -1.30. The molecule has 4 N–H and O–H groups in total. The molecule has 7 rings (SSSR count). The van der Waals surface area contributed by atoms with Gasteiger partial charge in [0.25, 0.3) is 5.91 Å². The van der Waals surface area contributed by atoms with E-state index in [-0.39, 0.29) is 25.4 Å². The molecule has 1 fully saturated rings. The van der Waals surface area contributed by atoms with Crippen molar-refractivity contribution in [2.45, 2.75) is 25.1 Å². The van der Waals surface area contributed by atoms with E-state index < -0.39 is 24.1 Å². The highest BCUT2D eigenvalue weighted by atomic mass is 16.5. The first-order chi connectivity index (χ1) is 22.9. The van der Waals surface area contributed by atoms with Crippen LogP contribution in [0.5, 0.6) is 5.75 Å². The van der Waals surface area contributed by atoms with E-state index in [9.17, 15) is 19.5 Å². The Bertz CT molecular complexity index is 1910. The van der Waals surface area contributed by atoms with Gasteiger partial charge in [-0.3, -0.25) is 34.6 Å². The maximum Gasteiger partial charge on any atom is 0.257 e. The number of aliphatic hydroxyl groups excluding tert-OH is 1. The molecule has 6 heterocycles. The van der Waals surface area contributed by atoms with Crippen LogP contribution < -0.4 is 15.4 Å². The first kappa shape index (κ1) is 30.0. The number of imide groups is 1. The van der Waals surface area contributed by atoms with Crippen LogP contribution in [-0.2, 0) is 14.3 Å². The Morgan fingerprint density at radius 3 is 2.55 bits per heavy atom. The molecule has 13 heteroatoms. The van der Waals surface area contributed by atoms with Gasteiger partial charge in [-0.1, -0.05) is 6.07 Å². The topological polar surface area (TPSA) is 172 Å². The summed E-state index contributed by atoms with van der Waals surface area (Å²) in [4.78, 5) is 54.4. The van der Waals surface area contributed by atoms with Gasteiger partial charge < -0.3 is 24.9 Å². The number of nitrogens with one attached hydrogen (secondary N) is 3. The van der Waals surface area contributed by atoms with E-state index in [0.717, 1.165) is 44.1 Å². The minimum absolute atomic E-state index is 0.107. The zero-order chi connectivity index (χ0) is 32.3. The lowest BCUT2D eigenvalue weighted by Crippen LogP contribution is -2.53. The summed E-state index contributed by atoms with van der Waals surface area (Å²) in [6.45, 7) is 1.57. The van der Waals surface area contributed by atoms with Crippen molar-refractivity contribution in [2.75, 3.05) is 31.7 Å². The fourth-order valence-electron chi connectivity index (χ4n) is 5.77. The molecular formula is C34H31N7O6. The number of aliphatic hydroxyl groups is 1. The van der Waals surface area contributed by atoms with Gasteiger partial charge in [0.2, 0.25) is 11.8 Å². The largest absolute Gasteiger partial charge is 0.491 e. The molecule has 2 aliphatic heterocycles. The summed E-state index contributed by atoms with van der Waals surface area (Å²) in [5.41, 5.74) is 5.33. The van der Waals surface area contributed by atoms with E-state index in [4.69, 9.17) is 9.47 Å². The van der Waals surface area contributed by atoms with E-state index >= 15 is 0 Å². The van der Waals surface area contributed by atoms with Crippen LogP contribution in [0.1, 0.15) is 35.0 Å². The number of ether oxygens (including phenoxy) is 2. The van der Waals surface area contributed by atoms with Gasteiger partial charge in [-0.15, -0.1) is 0 Å². The van der Waals surface area contributed by atoms with Crippen molar-refractivity contribution < 1.29 is 29.0 Å². The summed E-state index contributed by atoms with van der Waals surface area (Å²) in [7, 11) is 0. The minimum Gasteiger partial charge on any atom is -0.491 e. The number of nitrogens with zero attached hydrogens (tertiary/aromatic N) is 4. The van der Waals surface area contributed by atoms with Crippen molar-refractivity contribution in [3.63, 3.8) is 0 Å². The van der Waals surface area contributed by atoms with E-state index in [1.165, 1.54) is 0 Å². The van der Waals surface area contributed by atoms with Crippen molar-refractivity contribution in [1.29, 1.82) is 0 Å². The summed E-state index contributed by atoms with van der Waals surface area (Å²) in [6.07, 6.45) is 6.17. The van der Waals surface area contributed by atoms with Crippen LogP contribution in [0.3, 0.4) is 0 Å². The van der Waals surface area contributed by atoms with E-state index in [2.05, 4.69) is 36.6 Å². The third kappa shape index (κ3) is 6.26. The van der Waals surface area contributed by atoms with Crippen molar-refractivity contribution in [3.8, 4) is 28.3 Å². The van der Waals surface area contributed by atoms with Crippen LogP contribution >= 0.6 is 0 Å². The lowest BCUT2D eigenvalue weighted by atomic mass is 10.0. The summed E-state index contributed by atoms with van der Waals surface area (Å²) in [6, 6.07) is 15.8. The van der Waals surface area contributed by atoms with E-state index in [0.29, 0.717) is 36.6 Å². The van der Waals surface area contributed by atoms with Crippen molar-refractivity contribution in [3.05, 3.63) is 90.5 Å². The molecule has 1 aromatic carbocycles. The van der Waals surface area contributed by atoms with Crippen LogP contribution in [0.2, 0.25) is 0 Å². The number of hydrogen-bond donors (Lipinski definition) is 4. The molecule has 0 saturated carbocycles. The maximum atomic E-state index is 12.9. The predicted octanol–water partition coefficient (Wildman–Crippen LogP) is 3.45. The molecule has 2 aliphatic rings. The molecule has 47 heavy (non-hydrogen) atoms. The highest BCUT2D eigenvalue weighted by molar-refractivity contribution is 6.05. The Morgan fingerprint density at radius 1 is 0.936 bits per heavy atom. The highest BCUT2D eigenvalue weighted by Gasteiger charge is 2.44. The lowest BCUT2D eigenvalue weighted by molar-refractivity contribution is -0.139. The SMILES string of the molecule is O=C1CCC(N2C(=O)c3ccc(OCCOCCNc4ccc(-c5ccc(-c6cc7ccncc7[nH]6)nc5)cn4)cc3C2O)C(=O)N1. The monoisotopic (exact) mass is 633 g/mol. The van der Waals surface area contributed by atoms with E-state index in [1.54, 1.807) is 36.8 Å². The number of hydrogen-bond acceptors (Lipinski definition) is 10. The Morgan fingerprint density at radius 2 is 1.79 bits per heavy atom. The number of H-pyrrole nitrogens is 1. The number of aromatic amines is 1. The van der Waals surface area contributed by atoms with Crippen molar-refractivity contribution >= 4 is 34.4 Å². The Labute approximate surface area is 269 Å². The quantitative estimate of drug-likeness (QED) is 0.125. The smallest absolute Gasteiger partial charge is 0.257 e. The molecule has 4 aromatic heterocycles. The van der Waals surface area contributed by atoms with Crippen LogP contribution in [0.25, 0.3) is 33.4 Å². The lowest BCUT2D eigenvalue weighted by Gasteiger charge is -2.31. The second kappa shape index (κ2) is 13.0. The second-order valence-corrected chi connectivity index (χ2v) is 11.2. The first-order valence-electron chi connectivity index (χ1n) is 15.2. The summed E-state index contributed by atoms with van der Waals surface area (Å²) in [5.74, 6) is -0.243. The van der Waals surface area contributed by atoms with E-state index in [1.807, 2.05) is 36.5 Å². The zero-order valence-corrected chi connectivity index (χ0v) is 25.2. The average molecular weight is 634 g/mol. The Kier molecular flexibility index (Phi) is 8.29. The molecule has 1 saturated heterocycles. The number of pyridine rings is 3. The Hall–Kier alpha value is -5.66. The summed E-state index contributed by atoms with van der Waals surface area (Å²) in [5, 5.41) is 17.4. The number of aromatic nitrogens is 4. The molecule has 0 radical (unpaired) electrons. The third-order valence-electron chi connectivity index (χ3n) is 8.18. The number of fused-ring (bicyclic) bond motifs is 2. The van der Waals surface area contributed by atoms with Crippen LogP contribution in [0, 0.1) is 0 Å². The molecule has 0 spiro atoms. The molecule has 0 aliphatic carbocycles. The summed E-state index contributed by atoms with van der Waals surface area (Å²) < 4.78 is 11.4. The highest BCUT2D eigenvalue weighted by Crippen LogP contribution is 2.37. The van der Waals surface area contributed by atoms with Gasteiger partial charge in [-0.2, -0.15) is 0 Å².